The van der Waals surface area contributed by atoms with Gasteiger partial charge in [0, 0.05) is 18.7 Å². The molecule has 1 heterocycles. The maximum absolute atomic E-state index is 12.0. The molecule has 1 aliphatic heterocycles. The molecule has 8 heteroatoms. The number of urea groups is 1. The van der Waals surface area contributed by atoms with Gasteiger partial charge in [-0.3, -0.25) is 19.7 Å². The van der Waals surface area contributed by atoms with Crippen LogP contribution in [-0.2, 0) is 19.1 Å². The summed E-state index contributed by atoms with van der Waals surface area (Å²) >= 11 is 0. The Morgan fingerprint density at radius 3 is 2.57 bits per heavy atom. The predicted molar refractivity (Wildman–Crippen MR) is 80.3 cm³/mol. The lowest BCUT2D eigenvalue weighted by Gasteiger charge is -2.16. The number of imide groups is 1. The zero-order chi connectivity index (χ0) is 17.0. The number of rotatable bonds is 4. The fourth-order valence-corrected chi connectivity index (χ4v) is 2.27. The summed E-state index contributed by atoms with van der Waals surface area (Å²) in [5, 5.41) is 1.78. The van der Waals surface area contributed by atoms with Crippen molar-refractivity contribution in [1.29, 1.82) is 0 Å². The summed E-state index contributed by atoms with van der Waals surface area (Å²) in [6.45, 7) is 1.52. The van der Waals surface area contributed by atoms with E-state index in [0.717, 1.165) is 5.56 Å². The quantitative estimate of drug-likeness (QED) is 0.762. The van der Waals surface area contributed by atoms with Gasteiger partial charge in [-0.05, 0) is 19.1 Å². The van der Waals surface area contributed by atoms with Crippen molar-refractivity contribution in [3.05, 3.63) is 29.8 Å². The van der Waals surface area contributed by atoms with E-state index in [1.54, 1.807) is 17.4 Å². The first kappa shape index (κ1) is 16.5. The first-order valence-corrected chi connectivity index (χ1v) is 7.00. The molecule has 8 nitrogen and oxygen atoms in total. The smallest absolute Gasteiger partial charge is 0.318 e. The second kappa shape index (κ2) is 6.91. The molecular weight excluding hydrogens is 302 g/mol. The summed E-state index contributed by atoms with van der Waals surface area (Å²) in [6, 6.07) is 6.35. The molecule has 122 valence electrons. The molecule has 0 saturated carbocycles. The summed E-state index contributed by atoms with van der Waals surface area (Å²) in [5.41, 5.74) is 6.55. The first-order valence-electron chi connectivity index (χ1n) is 7.00. The normalized spacial score (nSPS) is 17.0. The average Bonchev–Trinajstić information content (AvgIpc) is 2.87. The van der Waals surface area contributed by atoms with Gasteiger partial charge in [-0.1, -0.05) is 17.7 Å². The number of benzene rings is 1. The molecule has 1 aromatic rings. The molecular formula is C15H17N3O5. The molecule has 0 aromatic heterocycles. The Kier molecular flexibility index (Phi) is 4.95. The number of primary amides is 1. The van der Waals surface area contributed by atoms with Crippen LogP contribution >= 0.6 is 0 Å². The van der Waals surface area contributed by atoms with Crippen LogP contribution in [0, 0.1) is 12.8 Å². The van der Waals surface area contributed by atoms with Crippen LogP contribution in [0.15, 0.2) is 24.3 Å². The Hall–Kier alpha value is -2.90. The third-order valence-corrected chi connectivity index (χ3v) is 3.41. The lowest BCUT2D eigenvalue weighted by Crippen LogP contribution is -2.38. The number of nitrogens with two attached hydrogens (primary N) is 1. The van der Waals surface area contributed by atoms with Gasteiger partial charge in [0.1, 0.15) is 0 Å². The number of amides is 4. The molecule has 23 heavy (non-hydrogen) atoms. The van der Waals surface area contributed by atoms with Crippen LogP contribution < -0.4 is 16.0 Å². The Balaban J connectivity index is 1.91. The number of hydrogen-bond acceptors (Lipinski definition) is 5. The number of anilines is 1. The largest absolute Gasteiger partial charge is 0.455 e. The van der Waals surface area contributed by atoms with Gasteiger partial charge in [0.05, 0.1) is 5.92 Å². The van der Waals surface area contributed by atoms with Gasteiger partial charge >= 0.3 is 12.0 Å². The minimum absolute atomic E-state index is 0.0180. The van der Waals surface area contributed by atoms with Crippen molar-refractivity contribution in [1.82, 2.24) is 5.32 Å². The molecule has 1 fully saturated rings. The maximum atomic E-state index is 12.0. The third kappa shape index (κ3) is 4.29. The van der Waals surface area contributed by atoms with Crippen molar-refractivity contribution in [2.45, 2.75) is 13.3 Å². The molecule has 0 unspecified atom stereocenters. The minimum Gasteiger partial charge on any atom is -0.455 e. The SMILES string of the molecule is Cc1ccc(N2C[C@H](C(=O)OCC(=O)NC(N)=O)CC2=O)cc1. The van der Waals surface area contributed by atoms with E-state index in [9.17, 15) is 19.2 Å². The number of esters is 1. The Morgan fingerprint density at radius 1 is 1.30 bits per heavy atom. The number of nitrogens with zero attached hydrogens (tertiary/aromatic N) is 1. The number of ether oxygens (including phenoxy) is 1. The summed E-state index contributed by atoms with van der Waals surface area (Å²) < 4.78 is 4.80. The number of hydrogen-bond donors (Lipinski definition) is 2. The average molecular weight is 319 g/mol. The highest BCUT2D eigenvalue weighted by molar-refractivity contribution is 6.00. The molecule has 1 atom stereocenters. The molecule has 0 spiro atoms. The van der Waals surface area contributed by atoms with Crippen LogP contribution in [0.3, 0.4) is 0 Å². The van der Waals surface area contributed by atoms with E-state index in [-0.39, 0.29) is 18.9 Å². The molecule has 1 aliphatic rings. The van der Waals surface area contributed by atoms with Crippen LogP contribution in [0.2, 0.25) is 0 Å². The highest BCUT2D eigenvalue weighted by Gasteiger charge is 2.36. The summed E-state index contributed by atoms with van der Waals surface area (Å²) in [4.78, 5) is 47.1. The van der Waals surface area contributed by atoms with Gasteiger partial charge in [-0.25, -0.2) is 4.79 Å². The topological polar surface area (TPSA) is 119 Å². The molecule has 1 saturated heterocycles. The van der Waals surface area contributed by atoms with Crippen LogP contribution in [-0.4, -0.2) is 37.0 Å². The molecule has 0 aliphatic carbocycles. The van der Waals surface area contributed by atoms with Crippen molar-refractivity contribution in [2.75, 3.05) is 18.1 Å². The van der Waals surface area contributed by atoms with Crippen LogP contribution in [0.25, 0.3) is 0 Å². The van der Waals surface area contributed by atoms with Crippen molar-refractivity contribution >= 4 is 29.5 Å². The van der Waals surface area contributed by atoms with Gasteiger partial charge in [0.15, 0.2) is 6.61 Å². The van der Waals surface area contributed by atoms with E-state index in [1.807, 2.05) is 19.1 Å². The third-order valence-electron chi connectivity index (χ3n) is 3.41. The monoisotopic (exact) mass is 319 g/mol. The maximum Gasteiger partial charge on any atom is 0.318 e. The van der Waals surface area contributed by atoms with Gasteiger partial charge in [0.25, 0.3) is 5.91 Å². The highest BCUT2D eigenvalue weighted by atomic mass is 16.5. The number of nitrogens with one attached hydrogen (secondary N) is 1. The Bertz CT molecular complexity index is 641. The Morgan fingerprint density at radius 2 is 1.96 bits per heavy atom. The molecule has 3 N–H and O–H groups in total. The van der Waals surface area contributed by atoms with Gasteiger partial charge in [0.2, 0.25) is 5.91 Å². The van der Waals surface area contributed by atoms with E-state index in [0.29, 0.717) is 5.69 Å². The summed E-state index contributed by atoms with van der Waals surface area (Å²) in [5.74, 6) is -2.30. The standard InChI is InChI=1S/C15H17N3O5/c1-9-2-4-11(5-3-9)18-7-10(6-13(18)20)14(21)23-8-12(19)17-15(16)22/h2-5,10H,6-8H2,1H3,(H3,16,17,19,22)/t10-/m1/s1. The van der Waals surface area contributed by atoms with Crippen LogP contribution in [0.4, 0.5) is 10.5 Å². The van der Waals surface area contributed by atoms with E-state index in [1.165, 1.54) is 4.90 Å². The van der Waals surface area contributed by atoms with Crippen LogP contribution in [0.1, 0.15) is 12.0 Å². The van der Waals surface area contributed by atoms with Crippen molar-refractivity contribution in [2.24, 2.45) is 11.7 Å². The number of carbonyl (C=O) groups is 4. The minimum atomic E-state index is -1.02. The molecule has 0 radical (unpaired) electrons. The second-order valence-electron chi connectivity index (χ2n) is 5.26. The zero-order valence-corrected chi connectivity index (χ0v) is 12.6. The molecule has 4 amide bonds. The molecule has 2 rings (SSSR count). The highest BCUT2D eigenvalue weighted by Crippen LogP contribution is 2.26. The lowest BCUT2D eigenvalue weighted by molar-refractivity contribution is -0.152. The van der Waals surface area contributed by atoms with Crippen molar-refractivity contribution in [3.63, 3.8) is 0 Å². The summed E-state index contributed by atoms with van der Waals surface area (Å²) in [7, 11) is 0. The van der Waals surface area contributed by atoms with Crippen LogP contribution in [0.5, 0.6) is 0 Å². The fraction of sp³-hybridized carbons (Fsp3) is 0.333. The molecule has 0 bridgehead atoms. The van der Waals surface area contributed by atoms with Crippen molar-refractivity contribution < 1.29 is 23.9 Å². The lowest BCUT2D eigenvalue weighted by atomic mass is 10.1. The van der Waals surface area contributed by atoms with Crippen molar-refractivity contribution in [3.8, 4) is 0 Å². The van der Waals surface area contributed by atoms with E-state index < -0.39 is 30.4 Å². The second-order valence-corrected chi connectivity index (χ2v) is 5.26. The summed E-state index contributed by atoms with van der Waals surface area (Å²) in [6.07, 6.45) is 0.0180. The Labute approximate surface area is 132 Å². The van der Waals surface area contributed by atoms with E-state index in [4.69, 9.17) is 10.5 Å². The van der Waals surface area contributed by atoms with Gasteiger partial charge in [-0.15, -0.1) is 0 Å². The van der Waals surface area contributed by atoms with E-state index in [2.05, 4.69) is 0 Å². The first-order chi connectivity index (χ1) is 10.9. The van der Waals surface area contributed by atoms with Gasteiger partial charge < -0.3 is 15.4 Å². The number of carbonyl (C=O) groups excluding carboxylic acids is 4. The van der Waals surface area contributed by atoms with E-state index >= 15 is 0 Å². The zero-order valence-electron chi connectivity index (χ0n) is 12.6. The van der Waals surface area contributed by atoms with Gasteiger partial charge in [-0.2, -0.15) is 0 Å². The molecule has 1 aromatic carbocycles. The fourth-order valence-electron chi connectivity index (χ4n) is 2.27. The predicted octanol–water partition coefficient (Wildman–Crippen LogP) is 0.0860. The number of aryl methyl sites for hydroxylation is 1.